The van der Waals surface area contributed by atoms with E-state index in [9.17, 15) is 5.11 Å². The first-order valence-electron chi connectivity index (χ1n) is 5.77. The highest BCUT2D eigenvalue weighted by molar-refractivity contribution is 5.36. The molecule has 5 heteroatoms. The number of nitrogens with one attached hydrogen (secondary N) is 1. The van der Waals surface area contributed by atoms with Crippen molar-refractivity contribution < 1.29 is 14.6 Å². The molecule has 0 fully saturated rings. The maximum atomic E-state index is 9.64. The van der Waals surface area contributed by atoms with Gasteiger partial charge in [-0.1, -0.05) is 6.07 Å². The monoisotopic (exact) mass is 250 g/mol. The second-order valence-corrected chi connectivity index (χ2v) is 3.80. The third-order valence-electron chi connectivity index (χ3n) is 2.27. The Bertz CT molecular complexity index is 390. The quantitative estimate of drug-likeness (QED) is 0.658. The van der Waals surface area contributed by atoms with Crippen LogP contribution in [0.15, 0.2) is 24.3 Å². The van der Waals surface area contributed by atoms with E-state index in [2.05, 4.69) is 5.32 Å². The van der Waals surface area contributed by atoms with Gasteiger partial charge in [-0.15, -0.1) is 0 Å². The molecule has 98 valence electrons. The molecule has 0 saturated carbocycles. The second kappa shape index (κ2) is 8.48. The summed E-state index contributed by atoms with van der Waals surface area (Å²) in [7, 11) is 1.63. The Morgan fingerprint density at radius 1 is 1.50 bits per heavy atom. The minimum atomic E-state index is -0.590. The molecule has 1 unspecified atom stereocenters. The fourth-order valence-corrected chi connectivity index (χ4v) is 1.35. The lowest BCUT2D eigenvalue weighted by atomic mass is 10.2. The van der Waals surface area contributed by atoms with Crippen LogP contribution in [0.2, 0.25) is 0 Å². The number of hydrogen-bond acceptors (Lipinski definition) is 5. The van der Waals surface area contributed by atoms with Gasteiger partial charge in [0.15, 0.2) is 0 Å². The summed E-state index contributed by atoms with van der Waals surface area (Å²) in [5.41, 5.74) is 0.542. The Labute approximate surface area is 107 Å². The molecule has 5 nitrogen and oxygen atoms in total. The molecule has 0 spiro atoms. The maximum Gasteiger partial charge on any atom is 0.120 e. The lowest BCUT2D eigenvalue weighted by Gasteiger charge is -2.13. The summed E-state index contributed by atoms with van der Waals surface area (Å²) in [6.45, 7) is 1.94. The zero-order chi connectivity index (χ0) is 13.2. The van der Waals surface area contributed by atoms with Crippen molar-refractivity contribution in [3.8, 4) is 11.8 Å². The predicted octanol–water partition coefficient (Wildman–Crippen LogP) is 0.534. The third-order valence-corrected chi connectivity index (χ3v) is 2.27. The van der Waals surface area contributed by atoms with Gasteiger partial charge in [-0.25, -0.2) is 0 Å². The van der Waals surface area contributed by atoms with Crippen molar-refractivity contribution in [2.24, 2.45) is 0 Å². The highest BCUT2D eigenvalue weighted by Crippen LogP contribution is 2.12. The molecule has 0 heterocycles. The van der Waals surface area contributed by atoms with Crippen molar-refractivity contribution in [3.63, 3.8) is 0 Å². The van der Waals surface area contributed by atoms with Crippen LogP contribution in [-0.4, -0.2) is 44.6 Å². The molecule has 1 atom stereocenters. The number of aliphatic hydroxyl groups excluding tert-OH is 1. The first-order chi connectivity index (χ1) is 8.76. The summed E-state index contributed by atoms with van der Waals surface area (Å²) >= 11 is 0. The Kier molecular flexibility index (Phi) is 6.81. The van der Waals surface area contributed by atoms with E-state index in [0.717, 1.165) is 0 Å². The number of methoxy groups -OCH3 is 1. The van der Waals surface area contributed by atoms with E-state index in [1.807, 2.05) is 6.07 Å². The third kappa shape index (κ3) is 5.64. The first-order valence-corrected chi connectivity index (χ1v) is 5.77. The number of rotatable bonds is 8. The van der Waals surface area contributed by atoms with E-state index in [-0.39, 0.29) is 6.61 Å². The van der Waals surface area contributed by atoms with Crippen LogP contribution in [0.25, 0.3) is 0 Å². The van der Waals surface area contributed by atoms with Gasteiger partial charge in [0, 0.05) is 20.2 Å². The topological polar surface area (TPSA) is 74.5 Å². The minimum Gasteiger partial charge on any atom is -0.491 e. The number of nitrogens with zero attached hydrogens (tertiary/aromatic N) is 1. The Morgan fingerprint density at radius 2 is 2.33 bits per heavy atom. The molecule has 0 radical (unpaired) electrons. The van der Waals surface area contributed by atoms with E-state index in [4.69, 9.17) is 14.7 Å². The predicted molar refractivity (Wildman–Crippen MR) is 67.4 cm³/mol. The molecule has 0 saturated heterocycles. The van der Waals surface area contributed by atoms with Crippen molar-refractivity contribution in [1.82, 2.24) is 5.32 Å². The van der Waals surface area contributed by atoms with Crippen LogP contribution in [0.3, 0.4) is 0 Å². The fourth-order valence-electron chi connectivity index (χ4n) is 1.35. The lowest BCUT2D eigenvalue weighted by Crippen LogP contribution is -2.33. The van der Waals surface area contributed by atoms with Crippen LogP contribution in [0.1, 0.15) is 5.56 Å². The zero-order valence-electron chi connectivity index (χ0n) is 10.4. The molecule has 0 aliphatic rings. The standard InChI is InChI=1S/C13H18N2O3/c1-17-6-5-15-9-12(16)10-18-13-4-2-3-11(7-13)8-14/h2-4,7,12,15-16H,5-6,9-10H2,1H3. The normalized spacial score (nSPS) is 11.8. The SMILES string of the molecule is COCCNCC(O)COc1cccc(C#N)c1. The fraction of sp³-hybridized carbons (Fsp3) is 0.462. The van der Waals surface area contributed by atoms with E-state index in [1.165, 1.54) is 0 Å². The smallest absolute Gasteiger partial charge is 0.120 e. The van der Waals surface area contributed by atoms with Gasteiger partial charge in [0.25, 0.3) is 0 Å². The first kappa shape index (κ1) is 14.5. The van der Waals surface area contributed by atoms with Gasteiger partial charge in [0.2, 0.25) is 0 Å². The van der Waals surface area contributed by atoms with E-state index < -0.39 is 6.10 Å². The second-order valence-electron chi connectivity index (χ2n) is 3.80. The van der Waals surface area contributed by atoms with Gasteiger partial charge in [-0.2, -0.15) is 5.26 Å². The average Bonchev–Trinajstić information content (AvgIpc) is 2.41. The summed E-state index contributed by atoms with van der Waals surface area (Å²) < 4.78 is 10.3. The molecule has 1 rings (SSSR count). The van der Waals surface area contributed by atoms with Crippen molar-refractivity contribution in [1.29, 1.82) is 5.26 Å². The molecule has 0 aliphatic carbocycles. The molecule has 18 heavy (non-hydrogen) atoms. The van der Waals surface area contributed by atoms with Crippen LogP contribution < -0.4 is 10.1 Å². The Morgan fingerprint density at radius 3 is 3.06 bits per heavy atom. The highest BCUT2D eigenvalue weighted by Gasteiger charge is 2.05. The maximum absolute atomic E-state index is 9.64. The zero-order valence-corrected chi connectivity index (χ0v) is 10.4. The van der Waals surface area contributed by atoms with E-state index in [1.54, 1.807) is 31.4 Å². The van der Waals surface area contributed by atoms with Crippen molar-refractivity contribution in [2.45, 2.75) is 6.10 Å². The van der Waals surface area contributed by atoms with Crippen LogP contribution in [0.5, 0.6) is 5.75 Å². The molecule has 1 aromatic carbocycles. The molecule has 1 aromatic rings. The summed E-state index contributed by atoms with van der Waals surface area (Å²) in [5.74, 6) is 0.588. The highest BCUT2D eigenvalue weighted by atomic mass is 16.5. The largest absolute Gasteiger partial charge is 0.491 e. The van der Waals surface area contributed by atoms with Crippen molar-refractivity contribution in [3.05, 3.63) is 29.8 Å². The van der Waals surface area contributed by atoms with Gasteiger partial charge < -0.3 is 19.9 Å². The Balaban J connectivity index is 2.25. The summed E-state index contributed by atoms with van der Waals surface area (Å²) in [5, 5.41) is 21.4. The lowest BCUT2D eigenvalue weighted by molar-refractivity contribution is 0.103. The Hall–Kier alpha value is -1.61. The number of hydrogen-bond donors (Lipinski definition) is 2. The van der Waals surface area contributed by atoms with Crippen molar-refractivity contribution >= 4 is 0 Å². The van der Waals surface area contributed by atoms with Gasteiger partial charge in [-0.3, -0.25) is 0 Å². The molecule has 0 aliphatic heterocycles. The molecule has 0 bridgehead atoms. The molecule has 0 aromatic heterocycles. The summed E-state index contributed by atoms with van der Waals surface area (Å²) in [4.78, 5) is 0. The van der Waals surface area contributed by atoms with E-state index >= 15 is 0 Å². The number of benzene rings is 1. The number of nitriles is 1. The van der Waals surface area contributed by atoms with Crippen LogP contribution >= 0.6 is 0 Å². The number of ether oxygens (including phenoxy) is 2. The van der Waals surface area contributed by atoms with Crippen LogP contribution in [0.4, 0.5) is 0 Å². The molecule has 2 N–H and O–H groups in total. The molecular formula is C13H18N2O3. The summed E-state index contributed by atoms with van der Waals surface area (Å²) in [6, 6.07) is 8.89. The average molecular weight is 250 g/mol. The van der Waals surface area contributed by atoms with Gasteiger partial charge in [0.1, 0.15) is 18.5 Å². The summed E-state index contributed by atoms with van der Waals surface area (Å²) in [6.07, 6.45) is -0.590. The van der Waals surface area contributed by atoms with Crippen LogP contribution in [0, 0.1) is 11.3 Å². The van der Waals surface area contributed by atoms with Gasteiger partial charge in [-0.05, 0) is 18.2 Å². The van der Waals surface area contributed by atoms with E-state index in [0.29, 0.717) is 31.0 Å². The van der Waals surface area contributed by atoms with Gasteiger partial charge >= 0.3 is 0 Å². The van der Waals surface area contributed by atoms with Gasteiger partial charge in [0.05, 0.1) is 18.2 Å². The minimum absolute atomic E-state index is 0.189. The van der Waals surface area contributed by atoms with Crippen molar-refractivity contribution in [2.75, 3.05) is 33.4 Å². The van der Waals surface area contributed by atoms with Crippen LogP contribution in [-0.2, 0) is 4.74 Å². The number of aliphatic hydroxyl groups is 1. The molecule has 0 amide bonds. The molecular weight excluding hydrogens is 232 g/mol.